The first-order valence-corrected chi connectivity index (χ1v) is 6.32. The van der Waals surface area contributed by atoms with Gasteiger partial charge < -0.3 is 5.32 Å². The van der Waals surface area contributed by atoms with E-state index in [-0.39, 0.29) is 6.04 Å². The van der Waals surface area contributed by atoms with Crippen molar-refractivity contribution in [2.45, 2.75) is 38.1 Å². The Morgan fingerprint density at radius 1 is 1.29 bits per heavy atom. The molecule has 94 valence electrons. The fourth-order valence-electron chi connectivity index (χ4n) is 2.81. The molecule has 3 heteroatoms. The van der Waals surface area contributed by atoms with E-state index in [4.69, 9.17) is 0 Å². The van der Waals surface area contributed by atoms with Gasteiger partial charge in [0.25, 0.3) is 0 Å². The number of nitrogens with one attached hydrogen (secondary N) is 1. The van der Waals surface area contributed by atoms with Crippen LogP contribution in [0, 0.1) is 17.6 Å². The van der Waals surface area contributed by atoms with Crippen molar-refractivity contribution in [1.29, 1.82) is 0 Å². The maximum Gasteiger partial charge on any atom is 0.162 e. The van der Waals surface area contributed by atoms with Crippen molar-refractivity contribution in [3.63, 3.8) is 0 Å². The van der Waals surface area contributed by atoms with Crippen LogP contribution in [0.2, 0.25) is 0 Å². The zero-order valence-corrected chi connectivity index (χ0v) is 10.2. The minimum absolute atomic E-state index is 0.258. The Balaban J connectivity index is 2.09. The molecular weight excluding hydrogens is 220 g/mol. The van der Waals surface area contributed by atoms with E-state index in [9.17, 15) is 8.78 Å². The van der Waals surface area contributed by atoms with Crippen molar-refractivity contribution < 1.29 is 8.78 Å². The van der Waals surface area contributed by atoms with Crippen molar-refractivity contribution in [2.24, 2.45) is 5.92 Å². The summed E-state index contributed by atoms with van der Waals surface area (Å²) < 4.78 is 26.7. The molecule has 0 heterocycles. The van der Waals surface area contributed by atoms with Gasteiger partial charge in [-0.15, -0.1) is 0 Å². The zero-order valence-electron chi connectivity index (χ0n) is 10.2. The summed E-state index contributed by atoms with van der Waals surface area (Å²) in [5.41, 5.74) is 0.483. The van der Waals surface area contributed by atoms with E-state index in [1.165, 1.54) is 31.7 Å². The molecule has 0 radical (unpaired) electrons. The number of benzene rings is 1. The molecule has 2 rings (SSSR count). The van der Waals surface area contributed by atoms with Gasteiger partial charge in [0.15, 0.2) is 11.6 Å². The topological polar surface area (TPSA) is 12.0 Å². The van der Waals surface area contributed by atoms with E-state index in [0.717, 1.165) is 0 Å². The van der Waals surface area contributed by atoms with Crippen molar-refractivity contribution in [2.75, 3.05) is 7.05 Å². The van der Waals surface area contributed by atoms with E-state index in [1.54, 1.807) is 12.1 Å². The molecule has 1 N–H and O–H groups in total. The Kier molecular flexibility index (Phi) is 4.11. The van der Waals surface area contributed by atoms with Crippen LogP contribution >= 0.6 is 0 Å². The Labute approximate surface area is 101 Å². The normalized spacial score (nSPS) is 18.5. The minimum Gasteiger partial charge on any atom is -0.316 e. The highest BCUT2D eigenvalue weighted by molar-refractivity contribution is 5.20. The quantitative estimate of drug-likeness (QED) is 0.850. The highest BCUT2D eigenvalue weighted by Crippen LogP contribution is 2.29. The molecule has 0 amide bonds. The first-order chi connectivity index (χ1) is 8.22. The van der Waals surface area contributed by atoms with Gasteiger partial charge in [0.1, 0.15) is 0 Å². The number of likely N-dealkylation sites (N-methyl/N-ethyl adjacent to an activating group) is 1. The summed E-state index contributed by atoms with van der Waals surface area (Å²) in [6.07, 6.45) is 5.48. The highest BCUT2D eigenvalue weighted by atomic mass is 19.2. The summed E-state index contributed by atoms with van der Waals surface area (Å²) in [5.74, 6) is -0.836. The Hall–Kier alpha value is -0.960. The first-order valence-electron chi connectivity index (χ1n) is 6.32. The molecule has 0 saturated heterocycles. The van der Waals surface area contributed by atoms with Gasteiger partial charge in [0.2, 0.25) is 0 Å². The molecule has 1 aromatic carbocycles. The maximum absolute atomic E-state index is 13.6. The fraction of sp³-hybridized carbons (Fsp3) is 0.571. The fourth-order valence-corrected chi connectivity index (χ4v) is 2.81. The Morgan fingerprint density at radius 2 is 2.00 bits per heavy atom. The number of halogens is 2. The second kappa shape index (κ2) is 5.58. The second-order valence-corrected chi connectivity index (χ2v) is 4.86. The van der Waals surface area contributed by atoms with Crippen LogP contribution in [0.1, 0.15) is 31.2 Å². The predicted octanol–water partition coefficient (Wildman–Crippen LogP) is 3.29. The molecule has 0 aromatic heterocycles. The van der Waals surface area contributed by atoms with Crippen molar-refractivity contribution in [1.82, 2.24) is 5.32 Å². The van der Waals surface area contributed by atoms with Gasteiger partial charge in [0.05, 0.1) is 0 Å². The third-order valence-corrected chi connectivity index (χ3v) is 3.81. The molecule has 1 nitrogen and oxygen atoms in total. The molecule has 0 bridgehead atoms. The second-order valence-electron chi connectivity index (χ2n) is 4.86. The van der Waals surface area contributed by atoms with Gasteiger partial charge in [-0.3, -0.25) is 0 Å². The number of rotatable bonds is 4. The summed E-state index contributed by atoms with van der Waals surface area (Å²) in [5, 5.41) is 3.25. The van der Waals surface area contributed by atoms with Crippen molar-refractivity contribution in [3.05, 3.63) is 35.4 Å². The van der Waals surface area contributed by atoms with E-state index in [0.29, 0.717) is 17.9 Å². The van der Waals surface area contributed by atoms with Crippen LogP contribution in [0.25, 0.3) is 0 Å². The van der Waals surface area contributed by atoms with Gasteiger partial charge in [0, 0.05) is 6.04 Å². The molecule has 1 aliphatic rings. The number of hydrogen-bond donors (Lipinski definition) is 1. The molecule has 1 saturated carbocycles. The van der Waals surface area contributed by atoms with Crippen molar-refractivity contribution in [3.8, 4) is 0 Å². The van der Waals surface area contributed by atoms with Crippen LogP contribution < -0.4 is 5.32 Å². The number of hydrogen-bond acceptors (Lipinski definition) is 1. The van der Waals surface area contributed by atoms with Crippen molar-refractivity contribution >= 4 is 0 Å². The SMILES string of the molecule is CNC(Cc1cccc(F)c1F)C1CCCC1. The molecule has 1 fully saturated rings. The lowest BCUT2D eigenvalue weighted by atomic mass is 9.92. The predicted molar refractivity (Wildman–Crippen MR) is 64.9 cm³/mol. The maximum atomic E-state index is 13.6. The molecule has 0 spiro atoms. The standard InChI is InChI=1S/C14H19F2N/c1-17-13(10-5-2-3-6-10)9-11-7-4-8-12(15)14(11)16/h4,7-8,10,13,17H,2-3,5-6,9H2,1H3. The molecule has 0 aliphatic heterocycles. The third kappa shape index (κ3) is 2.83. The van der Waals surface area contributed by atoms with Crippen LogP contribution in [-0.2, 0) is 6.42 Å². The largest absolute Gasteiger partial charge is 0.316 e. The lowest BCUT2D eigenvalue weighted by Crippen LogP contribution is -2.34. The smallest absolute Gasteiger partial charge is 0.162 e. The van der Waals surface area contributed by atoms with Gasteiger partial charge in [-0.05, 0) is 43.9 Å². The van der Waals surface area contributed by atoms with Crippen LogP contribution in [0.3, 0.4) is 0 Å². The summed E-state index contributed by atoms with van der Waals surface area (Å²) >= 11 is 0. The molecule has 1 aliphatic carbocycles. The summed E-state index contributed by atoms with van der Waals surface area (Å²) in [6.45, 7) is 0. The average Bonchev–Trinajstić information content (AvgIpc) is 2.85. The zero-order chi connectivity index (χ0) is 12.3. The molecular formula is C14H19F2N. The molecule has 1 atom stereocenters. The van der Waals surface area contributed by atoms with Gasteiger partial charge in [-0.1, -0.05) is 25.0 Å². The highest BCUT2D eigenvalue weighted by Gasteiger charge is 2.25. The summed E-state index contributed by atoms with van der Waals surface area (Å²) in [7, 11) is 1.90. The molecule has 17 heavy (non-hydrogen) atoms. The Bertz CT molecular complexity index is 372. The summed E-state index contributed by atoms with van der Waals surface area (Å²) in [4.78, 5) is 0. The van der Waals surface area contributed by atoms with E-state index in [1.807, 2.05) is 7.05 Å². The van der Waals surface area contributed by atoms with E-state index < -0.39 is 11.6 Å². The van der Waals surface area contributed by atoms with Gasteiger partial charge in [-0.25, -0.2) is 8.78 Å². The third-order valence-electron chi connectivity index (χ3n) is 3.81. The van der Waals surface area contributed by atoms with Crippen LogP contribution in [-0.4, -0.2) is 13.1 Å². The van der Waals surface area contributed by atoms with Crippen LogP contribution in [0.5, 0.6) is 0 Å². The van der Waals surface area contributed by atoms with Gasteiger partial charge in [-0.2, -0.15) is 0 Å². The Morgan fingerprint density at radius 3 is 2.65 bits per heavy atom. The minimum atomic E-state index is -0.747. The van der Waals surface area contributed by atoms with Crippen LogP contribution in [0.4, 0.5) is 8.78 Å². The lowest BCUT2D eigenvalue weighted by Gasteiger charge is -2.23. The molecule has 1 aromatic rings. The average molecular weight is 239 g/mol. The van der Waals surface area contributed by atoms with E-state index >= 15 is 0 Å². The van der Waals surface area contributed by atoms with Crippen LogP contribution in [0.15, 0.2) is 18.2 Å². The summed E-state index contributed by atoms with van der Waals surface area (Å²) in [6, 6.07) is 4.68. The lowest BCUT2D eigenvalue weighted by molar-refractivity contribution is 0.370. The van der Waals surface area contributed by atoms with E-state index in [2.05, 4.69) is 5.32 Å². The monoisotopic (exact) mass is 239 g/mol. The first kappa shape index (κ1) is 12.5. The molecule has 1 unspecified atom stereocenters. The van der Waals surface area contributed by atoms with Gasteiger partial charge >= 0.3 is 0 Å².